The zero-order valence-electron chi connectivity index (χ0n) is 20.1. The SMILES string of the molecule is CC.CCCC(NC(=O)OCC1=CC=CCC1)C(O)c1ccc(CN2CCCCCC2)s1. The molecule has 1 aliphatic heterocycles. The fourth-order valence-corrected chi connectivity index (χ4v) is 5.20. The largest absolute Gasteiger partial charge is 0.445 e. The number of alkyl carbamates (subject to hydrolysis) is 1. The molecule has 6 heteroatoms. The molecule has 0 radical (unpaired) electrons. The fourth-order valence-electron chi connectivity index (χ4n) is 4.10. The number of rotatable bonds is 9. The van der Waals surface area contributed by atoms with E-state index in [1.54, 1.807) is 11.3 Å². The highest BCUT2D eigenvalue weighted by Crippen LogP contribution is 2.29. The van der Waals surface area contributed by atoms with Gasteiger partial charge in [0.15, 0.2) is 0 Å². The molecular formula is C26H42N2O3S. The van der Waals surface area contributed by atoms with E-state index in [1.165, 1.54) is 30.6 Å². The second-order valence-electron chi connectivity index (χ2n) is 8.35. The van der Waals surface area contributed by atoms with Crippen LogP contribution in [-0.4, -0.2) is 41.8 Å². The number of carbonyl (C=O) groups is 1. The molecule has 2 unspecified atom stereocenters. The minimum absolute atomic E-state index is 0.310. The number of thiophene rings is 1. The second kappa shape index (κ2) is 15.3. The predicted octanol–water partition coefficient (Wildman–Crippen LogP) is 6.36. The van der Waals surface area contributed by atoms with E-state index < -0.39 is 12.2 Å². The van der Waals surface area contributed by atoms with E-state index in [1.807, 2.05) is 32.1 Å². The van der Waals surface area contributed by atoms with Crippen LogP contribution >= 0.6 is 11.3 Å². The van der Waals surface area contributed by atoms with Crippen LogP contribution in [0.25, 0.3) is 0 Å². The monoisotopic (exact) mass is 462 g/mol. The van der Waals surface area contributed by atoms with Gasteiger partial charge in [-0.1, -0.05) is 58.3 Å². The van der Waals surface area contributed by atoms with Gasteiger partial charge in [0.05, 0.1) is 6.04 Å². The van der Waals surface area contributed by atoms with Crippen LogP contribution in [0.3, 0.4) is 0 Å². The minimum atomic E-state index is -0.711. The highest BCUT2D eigenvalue weighted by atomic mass is 32.1. The van der Waals surface area contributed by atoms with Gasteiger partial charge in [0.1, 0.15) is 12.7 Å². The number of aliphatic hydroxyl groups is 1. The molecule has 32 heavy (non-hydrogen) atoms. The van der Waals surface area contributed by atoms with E-state index in [0.29, 0.717) is 13.0 Å². The lowest BCUT2D eigenvalue weighted by molar-refractivity contribution is 0.107. The standard InChI is InChI=1S/C24H36N2O3S.C2H6/c1-2-10-21(25-24(28)29-18-19-11-6-5-7-12-19)23(27)22-14-13-20(30-22)17-26-15-8-3-4-9-16-26;1-2/h5-6,11,13-14,21,23,27H,2-4,7-10,12,15-18H2,1H3,(H,25,28);1-2H3. The van der Waals surface area contributed by atoms with Crippen molar-refractivity contribution in [3.05, 3.63) is 45.7 Å². The van der Waals surface area contributed by atoms with Crippen LogP contribution in [0.5, 0.6) is 0 Å². The smallest absolute Gasteiger partial charge is 0.407 e. The number of hydrogen-bond donors (Lipinski definition) is 2. The van der Waals surface area contributed by atoms with Crippen molar-refractivity contribution in [1.29, 1.82) is 0 Å². The Labute approximate surface area is 198 Å². The molecular weight excluding hydrogens is 420 g/mol. The number of hydrogen-bond acceptors (Lipinski definition) is 5. The molecule has 2 N–H and O–H groups in total. The van der Waals surface area contributed by atoms with Gasteiger partial charge in [0.2, 0.25) is 0 Å². The third kappa shape index (κ3) is 9.08. The lowest BCUT2D eigenvalue weighted by atomic mass is 10.0. The van der Waals surface area contributed by atoms with Crippen LogP contribution in [0.15, 0.2) is 35.9 Å². The van der Waals surface area contributed by atoms with Gasteiger partial charge in [-0.3, -0.25) is 4.90 Å². The van der Waals surface area contributed by atoms with Gasteiger partial charge < -0.3 is 15.2 Å². The summed E-state index contributed by atoms with van der Waals surface area (Å²) in [6.07, 6.45) is 13.7. The molecule has 2 aliphatic rings. The number of allylic oxidation sites excluding steroid dienone is 3. The number of nitrogens with one attached hydrogen (secondary N) is 1. The van der Waals surface area contributed by atoms with Gasteiger partial charge in [-0.25, -0.2) is 4.79 Å². The Morgan fingerprint density at radius 1 is 1.22 bits per heavy atom. The zero-order valence-corrected chi connectivity index (χ0v) is 21.0. The third-order valence-electron chi connectivity index (χ3n) is 5.82. The fraction of sp³-hybridized carbons (Fsp3) is 0.654. The molecule has 1 saturated heterocycles. The second-order valence-corrected chi connectivity index (χ2v) is 9.55. The molecule has 1 aliphatic carbocycles. The molecule has 0 saturated carbocycles. The number of carbonyl (C=O) groups excluding carboxylic acids is 1. The number of nitrogens with zero attached hydrogens (tertiary/aromatic N) is 1. The van der Waals surface area contributed by atoms with E-state index in [4.69, 9.17) is 4.74 Å². The van der Waals surface area contributed by atoms with Crippen LogP contribution in [0.4, 0.5) is 4.79 Å². The summed E-state index contributed by atoms with van der Waals surface area (Å²) in [5.41, 5.74) is 1.12. The topological polar surface area (TPSA) is 61.8 Å². The minimum Gasteiger partial charge on any atom is -0.445 e. The van der Waals surface area contributed by atoms with Gasteiger partial charge in [-0.2, -0.15) is 0 Å². The number of amides is 1. The lowest BCUT2D eigenvalue weighted by Crippen LogP contribution is -2.39. The Kier molecular flexibility index (Phi) is 12.7. The van der Waals surface area contributed by atoms with Crippen molar-refractivity contribution in [2.45, 2.75) is 90.8 Å². The van der Waals surface area contributed by atoms with Gasteiger partial charge in [-0.05, 0) is 62.9 Å². The van der Waals surface area contributed by atoms with Crippen LogP contribution in [0.2, 0.25) is 0 Å². The van der Waals surface area contributed by atoms with Gasteiger partial charge in [0, 0.05) is 16.3 Å². The maximum atomic E-state index is 12.3. The van der Waals surface area contributed by atoms with E-state index in [-0.39, 0.29) is 6.04 Å². The van der Waals surface area contributed by atoms with Crippen molar-refractivity contribution in [3.63, 3.8) is 0 Å². The number of aliphatic hydroxyl groups excluding tert-OH is 1. The quantitative estimate of drug-likeness (QED) is 0.448. The molecule has 1 amide bonds. The van der Waals surface area contributed by atoms with Crippen molar-refractivity contribution >= 4 is 17.4 Å². The van der Waals surface area contributed by atoms with Gasteiger partial charge in [-0.15, -0.1) is 11.3 Å². The molecule has 1 aromatic heterocycles. The molecule has 0 aromatic carbocycles. The highest BCUT2D eigenvalue weighted by Gasteiger charge is 2.24. The van der Waals surface area contributed by atoms with E-state index in [2.05, 4.69) is 29.3 Å². The Hall–Kier alpha value is -1.63. The van der Waals surface area contributed by atoms with Crippen molar-refractivity contribution in [1.82, 2.24) is 10.2 Å². The summed E-state index contributed by atoms with van der Waals surface area (Å²) in [5.74, 6) is 0. The Bertz CT molecular complexity index is 720. The third-order valence-corrected chi connectivity index (χ3v) is 6.97. The predicted molar refractivity (Wildman–Crippen MR) is 134 cm³/mol. The molecule has 3 rings (SSSR count). The van der Waals surface area contributed by atoms with E-state index >= 15 is 0 Å². The van der Waals surface area contributed by atoms with Crippen LogP contribution in [0.1, 0.15) is 88.0 Å². The summed E-state index contributed by atoms with van der Waals surface area (Å²) in [6.45, 7) is 9.64. The molecule has 1 aromatic rings. The number of ether oxygens (including phenoxy) is 1. The Balaban J connectivity index is 0.00000176. The molecule has 180 valence electrons. The van der Waals surface area contributed by atoms with Gasteiger partial charge in [0.25, 0.3) is 0 Å². The highest BCUT2D eigenvalue weighted by molar-refractivity contribution is 7.12. The summed E-state index contributed by atoms with van der Waals surface area (Å²) in [7, 11) is 0. The van der Waals surface area contributed by atoms with Crippen molar-refractivity contribution in [2.24, 2.45) is 0 Å². The first-order chi connectivity index (χ1) is 15.7. The summed E-state index contributed by atoms with van der Waals surface area (Å²) in [5, 5.41) is 13.8. The van der Waals surface area contributed by atoms with E-state index in [9.17, 15) is 9.90 Å². The molecule has 2 heterocycles. The van der Waals surface area contributed by atoms with Gasteiger partial charge >= 0.3 is 6.09 Å². The van der Waals surface area contributed by atoms with Crippen LogP contribution in [-0.2, 0) is 11.3 Å². The van der Waals surface area contributed by atoms with Crippen molar-refractivity contribution in [3.8, 4) is 0 Å². The van der Waals surface area contributed by atoms with Crippen LogP contribution < -0.4 is 5.32 Å². The molecule has 5 nitrogen and oxygen atoms in total. The average molecular weight is 463 g/mol. The zero-order chi connectivity index (χ0) is 23.2. The average Bonchev–Trinajstić information content (AvgIpc) is 3.14. The lowest BCUT2D eigenvalue weighted by Gasteiger charge is -2.23. The first kappa shape index (κ1) is 26.6. The number of likely N-dealkylation sites (tertiary alicyclic amines) is 1. The van der Waals surface area contributed by atoms with Crippen molar-refractivity contribution < 1.29 is 14.6 Å². The van der Waals surface area contributed by atoms with Crippen molar-refractivity contribution in [2.75, 3.05) is 19.7 Å². The van der Waals surface area contributed by atoms with E-state index in [0.717, 1.165) is 49.3 Å². The molecule has 2 atom stereocenters. The van der Waals surface area contributed by atoms with Crippen LogP contribution in [0, 0.1) is 0 Å². The Morgan fingerprint density at radius 3 is 2.62 bits per heavy atom. The summed E-state index contributed by atoms with van der Waals surface area (Å²) >= 11 is 1.66. The molecule has 0 bridgehead atoms. The first-order valence-electron chi connectivity index (χ1n) is 12.4. The summed E-state index contributed by atoms with van der Waals surface area (Å²) < 4.78 is 5.40. The maximum absolute atomic E-state index is 12.3. The Morgan fingerprint density at radius 2 is 1.97 bits per heavy atom. The normalized spacial score (nSPS) is 18.6. The first-order valence-corrected chi connectivity index (χ1v) is 13.2. The summed E-state index contributed by atoms with van der Waals surface area (Å²) in [6, 6.07) is 3.79. The summed E-state index contributed by atoms with van der Waals surface area (Å²) in [4.78, 5) is 17.0. The molecule has 1 fully saturated rings. The maximum Gasteiger partial charge on any atom is 0.407 e. The molecule has 0 spiro atoms.